The number of hydrogen-bond donors (Lipinski definition) is 2. The molecule has 0 amide bonds. The fourth-order valence-corrected chi connectivity index (χ4v) is 3.84. The van der Waals surface area contributed by atoms with Gasteiger partial charge in [-0.25, -0.2) is 0 Å². The smallest absolute Gasteiger partial charge is 0.191 e. The van der Waals surface area contributed by atoms with Crippen LogP contribution in [0.5, 0.6) is 0 Å². The van der Waals surface area contributed by atoms with Gasteiger partial charge >= 0.3 is 0 Å². The van der Waals surface area contributed by atoms with Gasteiger partial charge in [0.25, 0.3) is 0 Å². The fourth-order valence-electron chi connectivity index (χ4n) is 3.84. The molecule has 2 saturated heterocycles. The monoisotopic (exact) mass is 486 g/mol. The zero-order chi connectivity index (χ0) is 18.2. The molecule has 3 atom stereocenters. The minimum atomic E-state index is 0. The molecular weight excluding hydrogens is 451 g/mol. The Balaban J connectivity index is 0.00000261. The van der Waals surface area contributed by atoms with Crippen LogP contribution in [0.15, 0.2) is 35.3 Å². The van der Waals surface area contributed by atoms with Crippen LogP contribution in [0, 0.1) is 0 Å². The van der Waals surface area contributed by atoms with Crippen LogP contribution in [-0.4, -0.2) is 61.8 Å². The number of aryl methyl sites for hydroxylation is 1. The van der Waals surface area contributed by atoms with Crippen molar-refractivity contribution >= 4 is 29.9 Å². The number of nitrogens with zero attached hydrogens (tertiary/aromatic N) is 2. The Hall–Kier alpha value is -0.860. The zero-order valence-corrected chi connectivity index (χ0v) is 19.0. The number of ether oxygens (including phenoxy) is 1. The van der Waals surface area contributed by atoms with Crippen LogP contribution in [0.25, 0.3) is 0 Å². The van der Waals surface area contributed by atoms with Crippen LogP contribution < -0.4 is 10.6 Å². The van der Waals surface area contributed by atoms with Crippen molar-refractivity contribution in [1.29, 1.82) is 0 Å². The van der Waals surface area contributed by atoms with Crippen molar-refractivity contribution in [2.75, 3.05) is 32.8 Å². The van der Waals surface area contributed by atoms with E-state index in [4.69, 9.17) is 9.73 Å². The molecule has 2 aliphatic rings. The number of aliphatic imine (C=N–C) groups is 1. The Bertz CT molecular complexity index is 569. The zero-order valence-electron chi connectivity index (χ0n) is 16.7. The van der Waals surface area contributed by atoms with E-state index in [1.807, 2.05) is 0 Å². The molecule has 0 spiro atoms. The minimum absolute atomic E-state index is 0. The van der Waals surface area contributed by atoms with E-state index in [2.05, 4.69) is 59.7 Å². The SMILES string of the molecule is CCNC(=NCC1CN2CCCC2CO1)NC(C)CCc1ccccc1.I. The number of nitrogens with one attached hydrogen (secondary N) is 2. The molecule has 5 nitrogen and oxygen atoms in total. The highest BCUT2D eigenvalue weighted by molar-refractivity contribution is 14.0. The predicted molar refractivity (Wildman–Crippen MR) is 123 cm³/mol. The van der Waals surface area contributed by atoms with Crippen LogP contribution in [0.4, 0.5) is 0 Å². The molecule has 3 rings (SSSR count). The summed E-state index contributed by atoms with van der Waals surface area (Å²) in [6.45, 7) is 9.05. The molecule has 1 aromatic carbocycles. The molecule has 0 aliphatic carbocycles. The van der Waals surface area contributed by atoms with Crippen LogP contribution in [0.3, 0.4) is 0 Å². The van der Waals surface area contributed by atoms with Gasteiger partial charge in [0.05, 0.1) is 19.3 Å². The average molecular weight is 486 g/mol. The van der Waals surface area contributed by atoms with Crippen LogP contribution in [-0.2, 0) is 11.2 Å². The second-order valence-corrected chi connectivity index (χ2v) is 7.54. The highest BCUT2D eigenvalue weighted by Gasteiger charge is 2.31. The molecule has 27 heavy (non-hydrogen) atoms. The lowest BCUT2D eigenvalue weighted by atomic mass is 10.1. The first-order valence-electron chi connectivity index (χ1n) is 10.2. The lowest BCUT2D eigenvalue weighted by Crippen LogP contribution is -2.48. The van der Waals surface area contributed by atoms with Crippen molar-refractivity contribution in [3.8, 4) is 0 Å². The summed E-state index contributed by atoms with van der Waals surface area (Å²) in [4.78, 5) is 7.36. The first kappa shape index (κ1) is 22.4. The van der Waals surface area contributed by atoms with Gasteiger partial charge in [-0.3, -0.25) is 9.89 Å². The number of rotatable bonds is 7. The number of fused-ring (bicyclic) bond motifs is 1. The molecule has 152 valence electrons. The predicted octanol–water partition coefficient (Wildman–Crippen LogP) is 3.04. The maximum absolute atomic E-state index is 6.03. The van der Waals surface area contributed by atoms with Gasteiger partial charge in [0.1, 0.15) is 0 Å². The van der Waals surface area contributed by atoms with E-state index in [0.29, 0.717) is 12.1 Å². The fraction of sp³-hybridized carbons (Fsp3) is 0.667. The average Bonchev–Trinajstić information content (AvgIpc) is 3.13. The quantitative estimate of drug-likeness (QED) is 0.354. The Morgan fingerprint density at radius 1 is 1.33 bits per heavy atom. The number of guanidine groups is 1. The van der Waals surface area contributed by atoms with Gasteiger partial charge in [0.15, 0.2) is 5.96 Å². The lowest BCUT2D eigenvalue weighted by Gasteiger charge is -2.34. The van der Waals surface area contributed by atoms with Gasteiger partial charge in [-0.15, -0.1) is 24.0 Å². The van der Waals surface area contributed by atoms with E-state index in [9.17, 15) is 0 Å². The van der Waals surface area contributed by atoms with Gasteiger partial charge in [-0.1, -0.05) is 30.3 Å². The van der Waals surface area contributed by atoms with Gasteiger partial charge in [0, 0.05) is 25.2 Å². The van der Waals surface area contributed by atoms with Crippen molar-refractivity contribution in [1.82, 2.24) is 15.5 Å². The third-order valence-electron chi connectivity index (χ3n) is 5.35. The minimum Gasteiger partial charge on any atom is -0.373 e. The second-order valence-electron chi connectivity index (χ2n) is 7.54. The number of morpholine rings is 1. The first-order chi connectivity index (χ1) is 12.7. The summed E-state index contributed by atoms with van der Waals surface area (Å²) in [5, 5.41) is 6.91. The van der Waals surface area contributed by atoms with Crippen molar-refractivity contribution in [3.05, 3.63) is 35.9 Å². The van der Waals surface area contributed by atoms with Crippen LogP contribution in [0.2, 0.25) is 0 Å². The number of hydrogen-bond acceptors (Lipinski definition) is 3. The maximum atomic E-state index is 6.03. The molecule has 1 aromatic rings. The largest absolute Gasteiger partial charge is 0.373 e. The Morgan fingerprint density at radius 2 is 2.15 bits per heavy atom. The molecule has 0 bridgehead atoms. The van der Waals surface area contributed by atoms with Gasteiger partial charge in [-0.2, -0.15) is 0 Å². The van der Waals surface area contributed by atoms with Crippen LogP contribution >= 0.6 is 24.0 Å². The summed E-state index contributed by atoms with van der Waals surface area (Å²) >= 11 is 0. The van der Waals surface area contributed by atoms with Gasteiger partial charge in [-0.05, 0) is 51.6 Å². The molecule has 0 radical (unpaired) electrons. The van der Waals surface area contributed by atoms with E-state index in [1.54, 1.807) is 0 Å². The van der Waals surface area contributed by atoms with E-state index in [0.717, 1.165) is 45.0 Å². The molecule has 0 saturated carbocycles. The Kier molecular flexibility index (Phi) is 9.86. The standard InChI is InChI=1S/C21H34N4O.HI/c1-3-22-21(24-17(2)11-12-18-8-5-4-6-9-18)23-14-20-15-25-13-7-10-19(25)16-26-20;/h4-6,8-9,17,19-20H,3,7,10-16H2,1-2H3,(H2,22,23,24);1H. The molecule has 6 heteroatoms. The van der Waals surface area contributed by atoms with Crippen molar-refractivity contribution < 1.29 is 4.74 Å². The Labute approximate surface area is 181 Å². The van der Waals surface area contributed by atoms with Gasteiger partial charge < -0.3 is 15.4 Å². The summed E-state index contributed by atoms with van der Waals surface area (Å²) in [6.07, 6.45) is 4.99. The molecule has 0 aromatic heterocycles. The molecule has 2 fully saturated rings. The summed E-state index contributed by atoms with van der Waals surface area (Å²) in [7, 11) is 0. The number of halogens is 1. The van der Waals surface area contributed by atoms with Crippen molar-refractivity contribution in [2.24, 2.45) is 4.99 Å². The summed E-state index contributed by atoms with van der Waals surface area (Å²) < 4.78 is 6.03. The lowest BCUT2D eigenvalue weighted by molar-refractivity contribution is -0.0432. The summed E-state index contributed by atoms with van der Waals surface area (Å²) in [5.74, 6) is 0.903. The van der Waals surface area contributed by atoms with Gasteiger partial charge in [0.2, 0.25) is 0 Å². The van der Waals surface area contributed by atoms with E-state index < -0.39 is 0 Å². The van der Waals surface area contributed by atoms with Crippen LogP contribution in [0.1, 0.15) is 38.7 Å². The summed E-state index contributed by atoms with van der Waals surface area (Å²) in [6, 6.07) is 11.7. The normalized spacial score (nSPS) is 24.0. The molecule has 2 heterocycles. The summed E-state index contributed by atoms with van der Waals surface area (Å²) in [5.41, 5.74) is 1.39. The highest BCUT2D eigenvalue weighted by Crippen LogP contribution is 2.22. The van der Waals surface area contributed by atoms with E-state index in [-0.39, 0.29) is 30.1 Å². The Morgan fingerprint density at radius 3 is 2.93 bits per heavy atom. The second kappa shape index (κ2) is 11.9. The highest BCUT2D eigenvalue weighted by atomic mass is 127. The first-order valence-corrected chi connectivity index (χ1v) is 10.2. The third kappa shape index (κ3) is 7.23. The molecule has 2 N–H and O–H groups in total. The molecule has 3 unspecified atom stereocenters. The van der Waals surface area contributed by atoms with Crippen molar-refractivity contribution in [3.63, 3.8) is 0 Å². The molecular formula is C21H35IN4O. The third-order valence-corrected chi connectivity index (χ3v) is 5.35. The van der Waals surface area contributed by atoms with Crippen molar-refractivity contribution in [2.45, 2.75) is 57.7 Å². The van der Waals surface area contributed by atoms with E-state index >= 15 is 0 Å². The topological polar surface area (TPSA) is 48.9 Å². The molecule has 2 aliphatic heterocycles. The number of benzene rings is 1. The van der Waals surface area contributed by atoms with E-state index in [1.165, 1.54) is 24.9 Å². The maximum Gasteiger partial charge on any atom is 0.191 e.